The van der Waals surface area contributed by atoms with Crippen LogP contribution in [-0.4, -0.2) is 25.4 Å². The molecule has 0 spiro atoms. The normalized spacial score (nSPS) is 11.1. The number of rotatable bonds is 3. The fourth-order valence-electron chi connectivity index (χ4n) is 2.47. The predicted molar refractivity (Wildman–Crippen MR) is 88.0 cm³/mol. The minimum Gasteiger partial charge on any atom is -0.476 e. The summed E-state index contributed by atoms with van der Waals surface area (Å²) < 4.78 is 1.59. The van der Waals surface area contributed by atoms with E-state index in [9.17, 15) is 4.79 Å². The highest BCUT2D eigenvalue weighted by atomic mass is 35.5. The molecular weight excluding hydrogens is 339 g/mol. The SMILES string of the molecule is Cc1nc2nc(C(=O)O)cn2c(-c2ccc(Cl)cc2Cl)c1CN. The molecule has 23 heavy (non-hydrogen) atoms. The Morgan fingerprint density at radius 1 is 1.35 bits per heavy atom. The zero-order chi connectivity index (χ0) is 16.7. The lowest BCUT2D eigenvalue weighted by Gasteiger charge is -2.14. The van der Waals surface area contributed by atoms with Crippen molar-refractivity contribution in [2.75, 3.05) is 0 Å². The van der Waals surface area contributed by atoms with Crippen LogP contribution in [0.2, 0.25) is 10.0 Å². The molecule has 3 aromatic rings. The van der Waals surface area contributed by atoms with Crippen molar-refractivity contribution >= 4 is 34.9 Å². The van der Waals surface area contributed by atoms with Crippen molar-refractivity contribution in [2.45, 2.75) is 13.5 Å². The molecule has 118 valence electrons. The Bertz CT molecular complexity index is 937. The molecule has 0 saturated carbocycles. The van der Waals surface area contributed by atoms with Crippen molar-refractivity contribution in [3.8, 4) is 11.3 Å². The topological polar surface area (TPSA) is 93.5 Å². The highest BCUT2D eigenvalue weighted by Crippen LogP contribution is 2.33. The van der Waals surface area contributed by atoms with E-state index in [1.165, 1.54) is 6.20 Å². The van der Waals surface area contributed by atoms with Gasteiger partial charge in [-0.25, -0.2) is 14.8 Å². The minimum atomic E-state index is -1.13. The number of aryl methyl sites for hydroxylation is 1. The van der Waals surface area contributed by atoms with Crippen molar-refractivity contribution < 1.29 is 9.90 Å². The Morgan fingerprint density at radius 2 is 2.09 bits per heavy atom. The molecule has 6 nitrogen and oxygen atoms in total. The number of imidazole rings is 1. The maximum atomic E-state index is 11.2. The number of aromatic carboxylic acids is 1. The van der Waals surface area contributed by atoms with Crippen molar-refractivity contribution in [3.05, 3.63) is 51.4 Å². The molecule has 1 aromatic carbocycles. The minimum absolute atomic E-state index is 0.0996. The number of carbonyl (C=O) groups is 1. The lowest BCUT2D eigenvalue weighted by molar-refractivity contribution is 0.0691. The summed E-state index contributed by atoms with van der Waals surface area (Å²) in [6.07, 6.45) is 1.41. The van der Waals surface area contributed by atoms with E-state index in [-0.39, 0.29) is 18.0 Å². The Balaban J connectivity index is 2.42. The molecule has 0 amide bonds. The second kappa shape index (κ2) is 5.81. The van der Waals surface area contributed by atoms with E-state index in [0.717, 1.165) is 5.56 Å². The smallest absolute Gasteiger partial charge is 0.356 e. The quantitative estimate of drug-likeness (QED) is 0.756. The fraction of sp³-hybridized carbons (Fsp3) is 0.133. The Labute approximate surface area is 141 Å². The van der Waals surface area contributed by atoms with Crippen molar-refractivity contribution in [2.24, 2.45) is 5.73 Å². The molecule has 0 atom stereocenters. The second-order valence-electron chi connectivity index (χ2n) is 4.95. The van der Waals surface area contributed by atoms with E-state index in [2.05, 4.69) is 9.97 Å². The average molecular weight is 351 g/mol. The van der Waals surface area contributed by atoms with Gasteiger partial charge in [-0.3, -0.25) is 4.40 Å². The van der Waals surface area contributed by atoms with Crippen LogP contribution < -0.4 is 5.73 Å². The summed E-state index contributed by atoms with van der Waals surface area (Å²) in [5, 5.41) is 10.1. The lowest BCUT2D eigenvalue weighted by atomic mass is 10.0. The molecule has 2 heterocycles. The molecule has 0 bridgehead atoms. The summed E-state index contributed by atoms with van der Waals surface area (Å²) in [4.78, 5) is 19.5. The van der Waals surface area contributed by atoms with Gasteiger partial charge in [0.2, 0.25) is 5.78 Å². The number of benzene rings is 1. The Morgan fingerprint density at radius 3 is 2.70 bits per heavy atom. The molecule has 0 aliphatic heterocycles. The van der Waals surface area contributed by atoms with E-state index < -0.39 is 5.97 Å². The molecule has 8 heteroatoms. The predicted octanol–water partition coefficient (Wildman–Crippen LogP) is 3.17. The zero-order valence-corrected chi connectivity index (χ0v) is 13.6. The van der Waals surface area contributed by atoms with Crippen LogP contribution in [0.5, 0.6) is 0 Å². The van der Waals surface area contributed by atoms with E-state index in [4.69, 9.17) is 34.0 Å². The van der Waals surface area contributed by atoms with Gasteiger partial charge in [-0.15, -0.1) is 0 Å². The van der Waals surface area contributed by atoms with Gasteiger partial charge >= 0.3 is 5.97 Å². The molecule has 3 rings (SSSR count). The molecule has 0 aliphatic rings. The largest absolute Gasteiger partial charge is 0.476 e. The van der Waals surface area contributed by atoms with Gasteiger partial charge in [0.25, 0.3) is 0 Å². The highest BCUT2D eigenvalue weighted by molar-refractivity contribution is 6.36. The van der Waals surface area contributed by atoms with Crippen molar-refractivity contribution in [1.29, 1.82) is 0 Å². The molecular formula is C15H12Cl2N4O2. The molecule has 0 saturated heterocycles. The summed E-state index contributed by atoms with van der Waals surface area (Å²) >= 11 is 12.3. The van der Waals surface area contributed by atoms with Gasteiger partial charge in [0.1, 0.15) is 0 Å². The number of hydrogen-bond acceptors (Lipinski definition) is 4. The van der Waals surface area contributed by atoms with E-state index in [1.807, 2.05) is 0 Å². The van der Waals surface area contributed by atoms with Gasteiger partial charge in [0, 0.05) is 34.6 Å². The number of aromatic nitrogens is 3. The lowest BCUT2D eigenvalue weighted by Crippen LogP contribution is -2.08. The fourth-order valence-corrected chi connectivity index (χ4v) is 2.97. The van der Waals surface area contributed by atoms with Crippen molar-refractivity contribution in [3.63, 3.8) is 0 Å². The summed E-state index contributed by atoms with van der Waals surface area (Å²) in [5.41, 5.74) is 8.54. The summed E-state index contributed by atoms with van der Waals surface area (Å²) in [6.45, 7) is 2.02. The van der Waals surface area contributed by atoms with E-state index >= 15 is 0 Å². The number of carboxylic acids is 1. The molecule has 0 unspecified atom stereocenters. The molecule has 0 radical (unpaired) electrons. The molecule has 3 N–H and O–H groups in total. The monoisotopic (exact) mass is 350 g/mol. The molecule has 2 aromatic heterocycles. The number of halogens is 2. The van der Waals surface area contributed by atoms with Crippen LogP contribution in [0.4, 0.5) is 0 Å². The van der Waals surface area contributed by atoms with Crippen LogP contribution >= 0.6 is 23.2 Å². The van der Waals surface area contributed by atoms with Gasteiger partial charge in [-0.2, -0.15) is 0 Å². The zero-order valence-electron chi connectivity index (χ0n) is 12.0. The molecule has 0 aliphatic carbocycles. The Kier molecular flexibility index (Phi) is 3.97. The third-order valence-electron chi connectivity index (χ3n) is 3.53. The standard InChI is InChI=1S/C15H12Cl2N4O2/c1-7-10(5-18)13(9-3-2-8(16)4-11(9)17)21-6-12(14(22)23)20-15(21)19-7/h2-4,6H,5,18H2,1H3,(H,22,23). The van der Waals surface area contributed by atoms with Crippen molar-refractivity contribution in [1.82, 2.24) is 14.4 Å². The average Bonchev–Trinajstić information content (AvgIpc) is 2.90. The van der Waals surface area contributed by atoms with Gasteiger partial charge in [0.05, 0.1) is 10.7 Å². The molecule has 0 fully saturated rings. The van der Waals surface area contributed by atoms with E-state index in [0.29, 0.717) is 27.0 Å². The number of fused-ring (bicyclic) bond motifs is 1. The number of nitrogens with two attached hydrogens (primary N) is 1. The van der Waals surface area contributed by atoms with Gasteiger partial charge < -0.3 is 10.8 Å². The van der Waals surface area contributed by atoms with Crippen LogP contribution in [0.3, 0.4) is 0 Å². The summed E-state index contributed by atoms with van der Waals surface area (Å²) in [6, 6.07) is 5.09. The van der Waals surface area contributed by atoms with Crippen LogP contribution in [0.15, 0.2) is 24.4 Å². The number of nitrogens with zero attached hydrogens (tertiary/aromatic N) is 3. The maximum Gasteiger partial charge on any atom is 0.356 e. The third kappa shape index (κ3) is 2.65. The first-order valence-corrected chi connectivity index (χ1v) is 7.45. The summed E-state index contributed by atoms with van der Waals surface area (Å²) in [7, 11) is 0. The Hall–Kier alpha value is -2.15. The van der Waals surface area contributed by atoms with Crippen LogP contribution in [0, 0.1) is 6.92 Å². The van der Waals surface area contributed by atoms with Gasteiger partial charge in [0.15, 0.2) is 5.69 Å². The first-order valence-electron chi connectivity index (χ1n) is 6.69. The highest BCUT2D eigenvalue weighted by Gasteiger charge is 2.19. The van der Waals surface area contributed by atoms with Crippen LogP contribution in [-0.2, 0) is 6.54 Å². The third-order valence-corrected chi connectivity index (χ3v) is 4.08. The van der Waals surface area contributed by atoms with Crippen LogP contribution in [0.1, 0.15) is 21.7 Å². The second-order valence-corrected chi connectivity index (χ2v) is 5.80. The first-order chi connectivity index (χ1) is 10.9. The van der Waals surface area contributed by atoms with Crippen LogP contribution in [0.25, 0.3) is 17.0 Å². The van der Waals surface area contributed by atoms with E-state index in [1.54, 1.807) is 29.5 Å². The van der Waals surface area contributed by atoms with Gasteiger partial charge in [-0.1, -0.05) is 23.2 Å². The van der Waals surface area contributed by atoms with Gasteiger partial charge in [-0.05, 0) is 25.1 Å². The number of hydrogen-bond donors (Lipinski definition) is 2. The maximum absolute atomic E-state index is 11.2. The number of carboxylic acid groups (broad SMARTS) is 1. The first kappa shape index (κ1) is 15.7. The summed E-state index contributed by atoms with van der Waals surface area (Å²) in [5.74, 6) is -0.853.